The third kappa shape index (κ3) is 5.47. The number of methoxy groups -OCH3 is 3. The Morgan fingerprint density at radius 2 is 1.50 bits per heavy atom. The van der Waals surface area contributed by atoms with Crippen molar-refractivity contribution in [1.29, 1.82) is 0 Å². The number of allylic oxidation sites excluding steroid dienone is 4. The molecule has 22 heavy (non-hydrogen) atoms. The van der Waals surface area contributed by atoms with Crippen LogP contribution < -0.4 is 14.2 Å². The molecule has 0 aliphatic heterocycles. The maximum atomic E-state index is 5.48. The molecule has 1 rings (SSSR count). The Hall–Kier alpha value is -1.90. The van der Waals surface area contributed by atoms with E-state index in [-0.39, 0.29) is 0 Å². The molecule has 0 spiro atoms. The first-order valence-corrected chi connectivity index (χ1v) is 7.59. The summed E-state index contributed by atoms with van der Waals surface area (Å²) in [5, 5.41) is 0. The molecule has 0 saturated carbocycles. The van der Waals surface area contributed by atoms with E-state index >= 15 is 0 Å². The lowest BCUT2D eigenvalue weighted by Crippen LogP contribution is -1.98. The summed E-state index contributed by atoms with van der Waals surface area (Å²) in [7, 11) is 4.98. The lowest BCUT2D eigenvalue weighted by Gasteiger charge is -2.14. The van der Waals surface area contributed by atoms with Crippen LogP contribution in [0.4, 0.5) is 0 Å². The molecule has 0 saturated heterocycles. The zero-order valence-electron chi connectivity index (χ0n) is 14.7. The summed E-state index contributed by atoms with van der Waals surface area (Å²) in [6.45, 7) is 6.43. The first-order chi connectivity index (χ1) is 10.5. The summed E-state index contributed by atoms with van der Waals surface area (Å²) in [5.41, 5.74) is 3.79. The molecule has 0 aliphatic rings. The summed E-state index contributed by atoms with van der Waals surface area (Å²) in [6.07, 6.45) is 7.46. The molecule has 0 N–H and O–H groups in total. The fourth-order valence-electron chi connectivity index (χ4n) is 2.25. The van der Waals surface area contributed by atoms with E-state index in [1.807, 2.05) is 12.1 Å². The molecule has 3 nitrogen and oxygen atoms in total. The van der Waals surface area contributed by atoms with Crippen molar-refractivity contribution in [1.82, 2.24) is 0 Å². The molecule has 0 radical (unpaired) electrons. The molecule has 0 atom stereocenters. The highest BCUT2D eigenvalue weighted by Gasteiger charge is 2.12. The Balaban J connectivity index is 2.89. The maximum Gasteiger partial charge on any atom is 0.129 e. The number of hydrogen-bond donors (Lipinski definition) is 0. The normalized spacial score (nSPS) is 11.1. The number of rotatable bonds is 8. The van der Waals surface area contributed by atoms with Crippen LogP contribution >= 0.6 is 0 Å². The summed E-state index contributed by atoms with van der Waals surface area (Å²) < 4.78 is 16.2. The molecule has 3 heteroatoms. The van der Waals surface area contributed by atoms with Crippen LogP contribution in [-0.2, 0) is 6.42 Å². The predicted molar refractivity (Wildman–Crippen MR) is 92.2 cm³/mol. The number of benzene rings is 1. The van der Waals surface area contributed by atoms with E-state index in [1.54, 1.807) is 21.3 Å². The second-order valence-electron chi connectivity index (χ2n) is 5.59. The molecule has 0 aromatic heterocycles. The minimum atomic E-state index is 0.738. The van der Waals surface area contributed by atoms with E-state index in [0.717, 1.165) is 42.1 Å². The second kappa shape index (κ2) is 9.19. The molecular formula is C19H28O3. The maximum absolute atomic E-state index is 5.48. The van der Waals surface area contributed by atoms with E-state index in [9.17, 15) is 0 Å². The third-order valence-electron chi connectivity index (χ3n) is 3.56. The molecule has 122 valence electrons. The Morgan fingerprint density at radius 1 is 0.909 bits per heavy atom. The Labute approximate surface area is 134 Å². The van der Waals surface area contributed by atoms with E-state index < -0.39 is 0 Å². The van der Waals surface area contributed by atoms with Crippen molar-refractivity contribution in [3.8, 4) is 17.2 Å². The summed E-state index contributed by atoms with van der Waals surface area (Å²) in [5.74, 6) is 2.33. The average Bonchev–Trinajstić information content (AvgIpc) is 2.51. The van der Waals surface area contributed by atoms with Gasteiger partial charge < -0.3 is 14.2 Å². The third-order valence-corrected chi connectivity index (χ3v) is 3.56. The van der Waals surface area contributed by atoms with E-state index in [0.29, 0.717) is 0 Å². The molecule has 0 fully saturated rings. The first kappa shape index (κ1) is 18.1. The standard InChI is InChI=1S/C19H28O3/c1-14(2)8-7-9-15(3)10-11-17-18(21-5)12-16(20-4)13-19(17)22-6/h8,10,12-13H,7,9,11H2,1-6H3/b15-10+. The van der Waals surface area contributed by atoms with E-state index in [1.165, 1.54) is 11.1 Å². The molecule has 0 unspecified atom stereocenters. The van der Waals surface area contributed by atoms with Crippen LogP contribution in [0.25, 0.3) is 0 Å². The molecule has 0 aliphatic carbocycles. The molecule has 0 heterocycles. The van der Waals surface area contributed by atoms with Crippen LogP contribution in [0.5, 0.6) is 17.2 Å². The fraction of sp³-hybridized carbons (Fsp3) is 0.474. The summed E-state index contributed by atoms with van der Waals surface area (Å²) in [4.78, 5) is 0. The number of hydrogen-bond acceptors (Lipinski definition) is 3. The summed E-state index contributed by atoms with van der Waals surface area (Å²) in [6, 6.07) is 3.79. The zero-order valence-corrected chi connectivity index (χ0v) is 14.7. The highest BCUT2D eigenvalue weighted by molar-refractivity contribution is 5.51. The topological polar surface area (TPSA) is 27.7 Å². The van der Waals surface area contributed by atoms with Gasteiger partial charge in [0.15, 0.2) is 0 Å². The van der Waals surface area contributed by atoms with Gasteiger partial charge in [0.05, 0.1) is 21.3 Å². The highest BCUT2D eigenvalue weighted by atomic mass is 16.5. The van der Waals surface area contributed by atoms with Crippen molar-refractivity contribution in [2.24, 2.45) is 0 Å². The van der Waals surface area contributed by atoms with Crippen molar-refractivity contribution >= 4 is 0 Å². The lowest BCUT2D eigenvalue weighted by molar-refractivity contribution is 0.370. The Kier molecular flexibility index (Phi) is 7.58. The molecular weight excluding hydrogens is 276 g/mol. The van der Waals surface area contributed by atoms with Gasteiger partial charge in [0.25, 0.3) is 0 Å². The van der Waals surface area contributed by atoms with Gasteiger partial charge in [-0.3, -0.25) is 0 Å². The van der Waals surface area contributed by atoms with Gasteiger partial charge in [-0.15, -0.1) is 0 Å². The van der Waals surface area contributed by atoms with Crippen LogP contribution in [0.1, 0.15) is 39.2 Å². The van der Waals surface area contributed by atoms with Gasteiger partial charge in [0.2, 0.25) is 0 Å². The van der Waals surface area contributed by atoms with Gasteiger partial charge in [-0.05, 0) is 40.0 Å². The molecule has 0 bridgehead atoms. The van der Waals surface area contributed by atoms with Crippen molar-refractivity contribution in [3.63, 3.8) is 0 Å². The van der Waals surface area contributed by atoms with Crippen molar-refractivity contribution < 1.29 is 14.2 Å². The average molecular weight is 304 g/mol. The monoisotopic (exact) mass is 304 g/mol. The molecule has 1 aromatic carbocycles. The van der Waals surface area contributed by atoms with Gasteiger partial charge in [-0.1, -0.05) is 23.3 Å². The molecule has 0 amide bonds. The van der Waals surface area contributed by atoms with Crippen molar-refractivity contribution in [3.05, 3.63) is 41.0 Å². The Bertz CT molecular complexity index is 513. The minimum absolute atomic E-state index is 0.738. The first-order valence-electron chi connectivity index (χ1n) is 7.59. The van der Waals surface area contributed by atoms with Crippen LogP contribution in [0.3, 0.4) is 0 Å². The largest absolute Gasteiger partial charge is 0.496 e. The van der Waals surface area contributed by atoms with Crippen LogP contribution in [0.15, 0.2) is 35.4 Å². The van der Waals surface area contributed by atoms with E-state index in [4.69, 9.17) is 14.2 Å². The van der Waals surface area contributed by atoms with Gasteiger partial charge in [-0.2, -0.15) is 0 Å². The van der Waals surface area contributed by atoms with Crippen molar-refractivity contribution in [2.45, 2.75) is 40.0 Å². The number of ether oxygens (including phenoxy) is 3. The second-order valence-corrected chi connectivity index (χ2v) is 5.59. The Morgan fingerprint density at radius 3 is 1.95 bits per heavy atom. The van der Waals surface area contributed by atoms with Gasteiger partial charge in [-0.25, -0.2) is 0 Å². The highest BCUT2D eigenvalue weighted by Crippen LogP contribution is 2.34. The lowest BCUT2D eigenvalue weighted by atomic mass is 10.0. The predicted octanol–water partition coefficient (Wildman–Crippen LogP) is 4.95. The SMILES string of the molecule is COc1cc(OC)c(C/C=C(\C)CCC=C(C)C)c(OC)c1. The zero-order chi connectivity index (χ0) is 16.5. The fourth-order valence-corrected chi connectivity index (χ4v) is 2.25. The molecule has 1 aromatic rings. The van der Waals surface area contributed by atoms with Crippen LogP contribution in [-0.4, -0.2) is 21.3 Å². The minimum Gasteiger partial charge on any atom is -0.496 e. The smallest absolute Gasteiger partial charge is 0.129 e. The van der Waals surface area contributed by atoms with Crippen molar-refractivity contribution in [2.75, 3.05) is 21.3 Å². The van der Waals surface area contributed by atoms with Crippen LogP contribution in [0, 0.1) is 0 Å². The quantitative estimate of drug-likeness (QED) is 0.636. The van der Waals surface area contributed by atoms with Gasteiger partial charge in [0.1, 0.15) is 17.2 Å². The van der Waals surface area contributed by atoms with Gasteiger partial charge in [0, 0.05) is 17.7 Å². The van der Waals surface area contributed by atoms with Crippen LogP contribution in [0.2, 0.25) is 0 Å². The van der Waals surface area contributed by atoms with Gasteiger partial charge >= 0.3 is 0 Å². The summed E-state index contributed by atoms with van der Waals surface area (Å²) >= 11 is 0. The van der Waals surface area contributed by atoms with E-state index in [2.05, 4.69) is 32.9 Å².